The first-order valence-electron chi connectivity index (χ1n) is 6.42. The number of piperazine rings is 1. The summed E-state index contributed by atoms with van der Waals surface area (Å²) in [5.74, 6) is 0. The third-order valence-corrected chi connectivity index (χ3v) is 3.30. The smallest absolute Gasteiger partial charge is 0.0167 e. The molecule has 1 N–H and O–H groups in total. The van der Waals surface area contributed by atoms with Gasteiger partial charge in [0.05, 0.1) is 0 Å². The minimum Gasteiger partial charge on any atom is -0.314 e. The van der Waals surface area contributed by atoms with Gasteiger partial charge in [-0.2, -0.15) is 0 Å². The van der Waals surface area contributed by atoms with E-state index in [1.807, 2.05) is 0 Å². The molecule has 1 fully saturated rings. The van der Waals surface area contributed by atoms with Crippen LogP contribution < -0.4 is 5.32 Å². The SMILES string of the molecule is Cc1ccc(/C=C/CN2CCNCC2)c(C)c1. The van der Waals surface area contributed by atoms with Crippen molar-refractivity contribution in [1.29, 1.82) is 0 Å². The molecule has 0 radical (unpaired) electrons. The fourth-order valence-electron chi connectivity index (χ4n) is 2.24. The van der Waals surface area contributed by atoms with Crippen LogP contribution in [-0.2, 0) is 0 Å². The summed E-state index contributed by atoms with van der Waals surface area (Å²) in [6, 6.07) is 6.63. The summed E-state index contributed by atoms with van der Waals surface area (Å²) in [6.07, 6.45) is 4.53. The molecule has 1 aliphatic rings. The second-order valence-electron chi connectivity index (χ2n) is 4.81. The van der Waals surface area contributed by atoms with Crippen molar-refractivity contribution in [2.45, 2.75) is 13.8 Å². The molecular formula is C15H22N2. The quantitative estimate of drug-likeness (QED) is 0.856. The highest BCUT2D eigenvalue weighted by Gasteiger charge is 2.06. The molecule has 1 heterocycles. The van der Waals surface area contributed by atoms with Gasteiger partial charge in [0.15, 0.2) is 0 Å². The summed E-state index contributed by atoms with van der Waals surface area (Å²) < 4.78 is 0. The summed E-state index contributed by atoms with van der Waals surface area (Å²) in [5.41, 5.74) is 4.04. The lowest BCUT2D eigenvalue weighted by Gasteiger charge is -2.25. The van der Waals surface area contributed by atoms with E-state index in [0.29, 0.717) is 0 Å². The van der Waals surface area contributed by atoms with E-state index >= 15 is 0 Å². The molecule has 1 aliphatic heterocycles. The van der Waals surface area contributed by atoms with Crippen LogP contribution in [0.3, 0.4) is 0 Å². The highest BCUT2D eigenvalue weighted by atomic mass is 15.2. The van der Waals surface area contributed by atoms with Crippen LogP contribution in [0.5, 0.6) is 0 Å². The lowest BCUT2D eigenvalue weighted by Crippen LogP contribution is -2.43. The van der Waals surface area contributed by atoms with Crippen LogP contribution in [-0.4, -0.2) is 37.6 Å². The van der Waals surface area contributed by atoms with E-state index in [4.69, 9.17) is 0 Å². The first kappa shape index (κ1) is 12.3. The number of hydrogen-bond acceptors (Lipinski definition) is 2. The Hall–Kier alpha value is -1.12. The molecule has 2 rings (SSSR count). The molecule has 0 spiro atoms. The van der Waals surface area contributed by atoms with Crippen molar-refractivity contribution >= 4 is 6.08 Å². The molecule has 17 heavy (non-hydrogen) atoms. The minimum atomic E-state index is 1.06. The summed E-state index contributed by atoms with van der Waals surface area (Å²) in [7, 11) is 0. The van der Waals surface area contributed by atoms with E-state index in [0.717, 1.165) is 32.7 Å². The topological polar surface area (TPSA) is 15.3 Å². The monoisotopic (exact) mass is 230 g/mol. The maximum Gasteiger partial charge on any atom is 0.0167 e. The highest BCUT2D eigenvalue weighted by Crippen LogP contribution is 2.12. The fraction of sp³-hybridized carbons (Fsp3) is 0.467. The van der Waals surface area contributed by atoms with Gasteiger partial charge in [0.1, 0.15) is 0 Å². The summed E-state index contributed by atoms with van der Waals surface area (Å²) in [4.78, 5) is 2.48. The maximum atomic E-state index is 3.37. The highest BCUT2D eigenvalue weighted by molar-refractivity contribution is 5.54. The Bertz CT molecular complexity index is 390. The molecule has 0 aromatic heterocycles. The van der Waals surface area contributed by atoms with Gasteiger partial charge in [-0.1, -0.05) is 35.9 Å². The number of aryl methyl sites for hydroxylation is 2. The normalized spacial score (nSPS) is 17.8. The third-order valence-electron chi connectivity index (χ3n) is 3.30. The van der Waals surface area contributed by atoms with Gasteiger partial charge in [-0.3, -0.25) is 4.90 Å². The van der Waals surface area contributed by atoms with E-state index < -0.39 is 0 Å². The number of nitrogens with one attached hydrogen (secondary N) is 1. The number of hydrogen-bond donors (Lipinski definition) is 1. The largest absolute Gasteiger partial charge is 0.314 e. The third kappa shape index (κ3) is 3.69. The Balaban J connectivity index is 1.90. The summed E-state index contributed by atoms with van der Waals surface area (Å²) >= 11 is 0. The van der Waals surface area contributed by atoms with E-state index in [9.17, 15) is 0 Å². The summed E-state index contributed by atoms with van der Waals surface area (Å²) in [5, 5.41) is 3.37. The van der Waals surface area contributed by atoms with Gasteiger partial charge in [-0.05, 0) is 25.0 Å². The first-order chi connectivity index (χ1) is 8.25. The lowest BCUT2D eigenvalue weighted by molar-refractivity contribution is 0.265. The van der Waals surface area contributed by atoms with Crippen LogP contribution in [0, 0.1) is 13.8 Å². The average Bonchev–Trinajstić information content (AvgIpc) is 2.33. The Morgan fingerprint density at radius 3 is 2.71 bits per heavy atom. The minimum absolute atomic E-state index is 1.06. The van der Waals surface area contributed by atoms with Gasteiger partial charge in [-0.25, -0.2) is 0 Å². The number of benzene rings is 1. The Morgan fingerprint density at radius 1 is 1.24 bits per heavy atom. The van der Waals surface area contributed by atoms with Gasteiger partial charge >= 0.3 is 0 Å². The van der Waals surface area contributed by atoms with Gasteiger partial charge in [0.2, 0.25) is 0 Å². The van der Waals surface area contributed by atoms with Crippen LogP contribution in [0.25, 0.3) is 6.08 Å². The molecular weight excluding hydrogens is 208 g/mol. The Labute approximate surface area is 104 Å². The van der Waals surface area contributed by atoms with Crippen molar-refractivity contribution < 1.29 is 0 Å². The molecule has 0 saturated carbocycles. The Kier molecular flexibility index (Phi) is 4.35. The van der Waals surface area contributed by atoms with Crippen LogP contribution in [0.1, 0.15) is 16.7 Å². The summed E-state index contributed by atoms with van der Waals surface area (Å²) in [6.45, 7) is 9.96. The predicted octanol–water partition coefficient (Wildman–Crippen LogP) is 2.22. The van der Waals surface area contributed by atoms with Crippen molar-refractivity contribution in [3.8, 4) is 0 Å². The van der Waals surface area contributed by atoms with E-state index in [1.165, 1.54) is 16.7 Å². The second kappa shape index (κ2) is 5.99. The van der Waals surface area contributed by atoms with Crippen LogP contribution >= 0.6 is 0 Å². The van der Waals surface area contributed by atoms with Crippen molar-refractivity contribution in [3.05, 3.63) is 41.0 Å². The van der Waals surface area contributed by atoms with Crippen molar-refractivity contribution in [1.82, 2.24) is 10.2 Å². The van der Waals surface area contributed by atoms with Gasteiger partial charge in [0, 0.05) is 32.7 Å². The number of nitrogens with zero attached hydrogens (tertiary/aromatic N) is 1. The average molecular weight is 230 g/mol. The van der Waals surface area contributed by atoms with Gasteiger partial charge in [-0.15, -0.1) is 0 Å². The maximum absolute atomic E-state index is 3.37. The molecule has 0 bridgehead atoms. The van der Waals surface area contributed by atoms with Crippen molar-refractivity contribution in [2.75, 3.05) is 32.7 Å². The molecule has 2 heteroatoms. The zero-order valence-electron chi connectivity index (χ0n) is 10.9. The van der Waals surface area contributed by atoms with Crippen LogP contribution in [0.2, 0.25) is 0 Å². The molecule has 92 valence electrons. The predicted molar refractivity (Wildman–Crippen MR) is 74.3 cm³/mol. The number of rotatable bonds is 3. The first-order valence-corrected chi connectivity index (χ1v) is 6.42. The molecule has 1 saturated heterocycles. The molecule has 1 aromatic carbocycles. The fourth-order valence-corrected chi connectivity index (χ4v) is 2.24. The second-order valence-corrected chi connectivity index (χ2v) is 4.81. The molecule has 0 unspecified atom stereocenters. The van der Waals surface area contributed by atoms with E-state index in [1.54, 1.807) is 0 Å². The Morgan fingerprint density at radius 2 is 2.00 bits per heavy atom. The molecule has 1 aromatic rings. The molecule has 2 nitrogen and oxygen atoms in total. The zero-order chi connectivity index (χ0) is 12.1. The standard InChI is InChI=1S/C15H22N2/c1-13-5-6-15(14(2)12-13)4-3-9-17-10-7-16-8-11-17/h3-6,12,16H,7-11H2,1-2H3/b4-3+. The molecule has 0 amide bonds. The van der Waals surface area contributed by atoms with E-state index in [2.05, 4.69) is 54.4 Å². The molecule has 0 atom stereocenters. The van der Waals surface area contributed by atoms with E-state index in [-0.39, 0.29) is 0 Å². The van der Waals surface area contributed by atoms with Gasteiger partial charge < -0.3 is 5.32 Å². The van der Waals surface area contributed by atoms with Gasteiger partial charge in [0.25, 0.3) is 0 Å². The molecule has 0 aliphatic carbocycles. The van der Waals surface area contributed by atoms with Crippen LogP contribution in [0.15, 0.2) is 24.3 Å². The lowest BCUT2D eigenvalue weighted by atomic mass is 10.1. The van der Waals surface area contributed by atoms with Crippen molar-refractivity contribution in [2.24, 2.45) is 0 Å². The van der Waals surface area contributed by atoms with Crippen LogP contribution in [0.4, 0.5) is 0 Å². The zero-order valence-corrected chi connectivity index (χ0v) is 10.9. The van der Waals surface area contributed by atoms with Crippen molar-refractivity contribution in [3.63, 3.8) is 0 Å².